The van der Waals surface area contributed by atoms with Gasteiger partial charge in [-0.3, -0.25) is 9.59 Å². The van der Waals surface area contributed by atoms with E-state index in [9.17, 15) is 14.7 Å². The number of Topliss-reactive ketones (excluding diaryl/α,β-unsaturated/α-hetero) is 1. The zero-order chi connectivity index (χ0) is 27.2. The van der Waals surface area contributed by atoms with Gasteiger partial charge < -0.3 is 33.7 Å². The van der Waals surface area contributed by atoms with Crippen molar-refractivity contribution in [1.82, 2.24) is 4.90 Å². The summed E-state index contributed by atoms with van der Waals surface area (Å²) < 4.78 is 26.9. The lowest BCUT2D eigenvalue weighted by molar-refractivity contribution is -0.140. The summed E-state index contributed by atoms with van der Waals surface area (Å²) in [7, 11) is 6.08. The molecule has 3 aromatic rings. The van der Waals surface area contributed by atoms with Gasteiger partial charge in [-0.25, -0.2) is 0 Å². The number of methoxy groups -OCH3 is 4. The third-order valence-electron chi connectivity index (χ3n) is 6.30. The van der Waals surface area contributed by atoms with Crippen LogP contribution in [0.3, 0.4) is 0 Å². The van der Waals surface area contributed by atoms with Crippen LogP contribution in [0.1, 0.15) is 17.2 Å². The molecule has 0 radical (unpaired) electrons. The van der Waals surface area contributed by atoms with Gasteiger partial charge in [0.2, 0.25) is 0 Å². The lowest BCUT2D eigenvalue weighted by Gasteiger charge is -2.25. The second kappa shape index (κ2) is 11.6. The van der Waals surface area contributed by atoms with Gasteiger partial charge in [-0.2, -0.15) is 0 Å². The molecule has 4 rings (SSSR count). The topological polar surface area (TPSA) is 104 Å². The molecule has 0 saturated carbocycles. The monoisotopic (exact) mass is 519 g/mol. The van der Waals surface area contributed by atoms with Crippen LogP contribution in [0.4, 0.5) is 0 Å². The molecule has 3 aromatic carbocycles. The van der Waals surface area contributed by atoms with Gasteiger partial charge in [-0.1, -0.05) is 12.1 Å². The fourth-order valence-electron chi connectivity index (χ4n) is 4.32. The van der Waals surface area contributed by atoms with Gasteiger partial charge in [0.15, 0.2) is 0 Å². The molecule has 1 heterocycles. The van der Waals surface area contributed by atoms with E-state index in [1.165, 1.54) is 19.1 Å². The fraction of sp³-hybridized carbons (Fsp3) is 0.241. The number of carbonyl (C=O) groups is 2. The molecule has 0 aliphatic carbocycles. The van der Waals surface area contributed by atoms with Gasteiger partial charge in [0, 0.05) is 6.07 Å². The molecule has 1 fully saturated rings. The van der Waals surface area contributed by atoms with Gasteiger partial charge in [-0.05, 0) is 54.1 Å². The second-order valence-electron chi connectivity index (χ2n) is 8.36. The van der Waals surface area contributed by atoms with Crippen LogP contribution in [0.2, 0.25) is 0 Å². The number of nitrogens with zero attached hydrogens (tertiary/aromatic N) is 1. The Balaban J connectivity index is 1.71. The van der Waals surface area contributed by atoms with Gasteiger partial charge in [-0.15, -0.1) is 0 Å². The summed E-state index contributed by atoms with van der Waals surface area (Å²) in [6.07, 6.45) is 0. The molecule has 9 nitrogen and oxygen atoms in total. The number of carbonyl (C=O) groups excluding carboxylic acids is 2. The molecule has 0 bridgehead atoms. The molecule has 9 heteroatoms. The van der Waals surface area contributed by atoms with Crippen molar-refractivity contribution in [2.24, 2.45) is 0 Å². The first-order chi connectivity index (χ1) is 18.4. The van der Waals surface area contributed by atoms with E-state index in [0.717, 1.165) is 0 Å². The number of aliphatic hydroxyl groups excluding tert-OH is 1. The van der Waals surface area contributed by atoms with Gasteiger partial charge in [0.05, 0.1) is 52.2 Å². The number of hydrogen-bond acceptors (Lipinski definition) is 8. The Labute approximate surface area is 220 Å². The number of amides is 1. The van der Waals surface area contributed by atoms with Crippen LogP contribution in [-0.2, 0) is 9.59 Å². The van der Waals surface area contributed by atoms with Crippen molar-refractivity contribution in [3.05, 3.63) is 83.4 Å². The normalized spacial score (nSPS) is 16.3. The lowest BCUT2D eigenvalue weighted by atomic mass is 9.95. The van der Waals surface area contributed by atoms with E-state index in [4.69, 9.17) is 23.7 Å². The first-order valence-electron chi connectivity index (χ1n) is 11.8. The Bertz CT molecular complexity index is 1330. The van der Waals surface area contributed by atoms with Gasteiger partial charge in [0.25, 0.3) is 11.7 Å². The molecule has 1 saturated heterocycles. The third-order valence-corrected chi connectivity index (χ3v) is 6.30. The molecule has 1 amide bonds. The molecular formula is C29H29NO8. The largest absolute Gasteiger partial charge is 0.507 e. The van der Waals surface area contributed by atoms with E-state index < -0.39 is 17.7 Å². The maximum absolute atomic E-state index is 13.3. The average Bonchev–Trinajstić information content (AvgIpc) is 3.21. The molecule has 1 atom stereocenters. The van der Waals surface area contributed by atoms with Crippen LogP contribution >= 0.6 is 0 Å². The molecule has 1 unspecified atom stereocenters. The summed E-state index contributed by atoms with van der Waals surface area (Å²) in [5.41, 5.74) is 0.843. The minimum atomic E-state index is -0.854. The predicted octanol–water partition coefficient (Wildman–Crippen LogP) is 4.22. The molecule has 1 aliphatic heterocycles. The zero-order valence-electron chi connectivity index (χ0n) is 21.6. The van der Waals surface area contributed by atoms with Crippen molar-refractivity contribution < 1.29 is 38.4 Å². The number of rotatable bonds is 10. The Kier molecular flexibility index (Phi) is 8.06. The summed E-state index contributed by atoms with van der Waals surface area (Å²) in [6, 6.07) is 18.0. The van der Waals surface area contributed by atoms with Crippen molar-refractivity contribution in [1.29, 1.82) is 0 Å². The molecule has 198 valence electrons. The number of aliphatic hydroxyl groups is 1. The van der Waals surface area contributed by atoms with Crippen LogP contribution in [0, 0.1) is 0 Å². The Morgan fingerprint density at radius 2 is 1.32 bits per heavy atom. The van der Waals surface area contributed by atoms with E-state index in [1.54, 1.807) is 80.9 Å². The number of likely N-dealkylation sites (tertiary alicyclic amines) is 1. The summed E-state index contributed by atoms with van der Waals surface area (Å²) >= 11 is 0. The number of hydrogen-bond donors (Lipinski definition) is 1. The molecule has 0 spiro atoms. The van der Waals surface area contributed by atoms with Crippen molar-refractivity contribution in [3.8, 4) is 28.7 Å². The summed E-state index contributed by atoms with van der Waals surface area (Å²) in [5.74, 6) is 0.824. The SMILES string of the molecule is COc1ccc(OCCN2C(=O)C(=O)/C(=C(\O)c3ccc(OC)cc3OC)C2c2ccc(OC)cc2)cc1. The Morgan fingerprint density at radius 3 is 1.89 bits per heavy atom. The van der Waals surface area contributed by atoms with Crippen LogP contribution in [0.5, 0.6) is 28.7 Å². The van der Waals surface area contributed by atoms with E-state index in [1.807, 2.05) is 0 Å². The first-order valence-corrected chi connectivity index (χ1v) is 11.8. The van der Waals surface area contributed by atoms with E-state index >= 15 is 0 Å². The maximum atomic E-state index is 13.3. The van der Waals surface area contributed by atoms with Crippen molar-refractivity contribution >= 4 is 17.4 Å². The standard InChI is InChI=1S/C29H29NO8/c1-34-19-7-5-18(6-8-19)26-25(27(31)23-14-13-22(36-3)17-24(23)37-4)28(32)29(33)30(26)15-16-38-21-11-9-20(35-2)10-12-21/h5-14,17,26,31H,15-16H2,1-4H3/b27-25-. The number of ether oxygens (including phenoxy) is 5. The van der Waals surface area contributed by atoms with Crippen LogP contribution in [0.15, 0.2) is 72.3 Å². The Morgan fingerprint density at radius 1 is 0.763 bits per heavy atom. The van der Waals surface area contributed by atoms with E-state index in [-0.39, 0.29) is 30.0 Å². The fourth-order valence-corrected chi connectivity index (χ4v) is 4.32. The highest BCUT2D eigenvalue weighted by molar-refractivity contribution is 6.46. The average molecular weight is 520 g/mol. The van der Waals surface area contributed by atoms with Crippen molar-refractivity contribution in [2.45, 2.75) is 6.04 Å². The molecule has 38 heavy (non-hydrogen) atoms. The number of ketones is 1. The molecule has 1 N–H and O–H groups in total. The number of benzene rings is 3. The van der Waals surface area contributed by atoms with Gasteiger partial charge in [0.1, 0.15) is 41.1 Å². The summed E-state index contributed by atoms with van der Waals surface area (Å²) in [5, 5.41) is 11.4. The Hall–Kier alpha value is -4.66. The molecular weight excluding hydrogens is 490 g/mol. The second-order valence-corrected chi connectivity index (χ2v) is 8.36. The first kappa shape index (κ1) is 26.4. The van der Waals surface area contributed by atoms with Crippen LogP contribution in [0.25, 0.3) is 5.76 Å². The highest BCUT2D eigenvalue weighted by Crippen LogP contribution is 2.41. The third kappa shape index (κ3) is 5.22. The smallest absolute Gasteiger partial charge is 0.295 e. The minimum Gasteiger partial charge on any atom is -0.507 e. The highest BCUT2D eigenvalue weighted by Gasteiger charge is 2.46. The van der Waals surface area contributed by atoms with Crippen molar-refractivity contribution in [3.63, 3.8) is 0 Å². The zero-order valence-corrected chi connectivity index (χ0v) is 21.6. The maximum Gasteiger partial charge on any atom is 0.295 e. The van der Waals surface area contributed by atoms with Gasteiger partial charge >= 0.3 is 0 Å². The quantitative estimate of drug-likeness (QED) is 0.241. The van der Waals surface area contributed by atoms with E-state index in [2.05, 4.69) is 0 Å². The molecule has 0 aromatic heterocycles. The van der Waals surface area contributed by atoms with Crippen molar-refractivity contribution in [2.75, 3.05) is 41.6 Å². The summed E-state index contributed by atoms with van der Waals surface area (Å²) in [6.45, 7) is 0.224. The molecule has 1 aliphatic rings. The van der Waals surface area contributed by atoms with Crippen LogP contribution in [-0.4, -0.2) is 63.3 Å². The predicted molar refractivity (Wildman–Crippen MR) is 140 cm³/mol. The highest BCUT2D eigenvalue weighted by atomic mass is 16.5. The van der Waals surface area contributed by atoms with E-state index in [0.29, 0.717) is 34.3 Å². The van der Waals surface area contributed by atoms with Crippen LogP contribution < -0.4 is 23.7 Å². The minimum absolute atomic E-state index is 0.0481. The summed E-state index contributed by atoms with van der Waals surface area (Å²) in [4.78, 5) is 27.9. The lowest BCUT2D eigenvalue weighted by Crippen LogP contribution is -2.33.